The molecule has 2 aromatic heterocycles. The number of hydrogen-bond donors (Lipinski definition) is 2. The van der Waals surface area contributed by atoms with Gasteiger partial charge in [0.05, 0.1) is 12.3 Å². The highest BCUT2D eigenvalue weighted by molar-refractivity contribution is 5.94. The molecule has 0 aliphatic carbocycles. The van der Waals surface area contributed by atoms with Crippen LogP contribution >= 0.6 is 0 Å². The summed E-state index contributed by atoms with van der Waals surface area (Å²) in [4.78, 5) is 27.2. The molecule has 0 atom stereocenters. The normalized spacial score (nSPS) is 10.2. The van der Waals surface area contributed by atoms with Gasteiger partial charge < -0.3 is 11.1 Å². The number of ketones is 1. The van der Waals surface area contributed by atoms with Crippen LogP contribution in [-0.2, 0) is 13.0 Å². The van der Waals surface area contributed by atoms with Crippen LogP contribution in [0.25, 0.3) is 4.85 Å². The Morgan fingerprint density at radius 3 is 2.70 bits per heavy atom. The van der Waals surface area contributed by atoms with E-state index in [2.05, 4.69) is 25.1 Å². The van der Waals surface area contributed by atoms with Gasteiger partial charge >= 0.3 is 0 Å². The number of carbonyl (C=O) groups is 1. The van der Waals surface area contributed by atoms with Crippen molar-refractivity contribution in [2.75, 3.05) is 11.1 Å². The first kappa shape index (κ1) is 17.9. The first-order chi connectivity index (χ1) is 13.1. The van der Waals surface area contributed by atoms with E-state index in [0.717, 1.165) is 0 Å². The zero-order valence-electron chi connectivity index (χ0n) is 14.2. The highest BCUT2D eigenvalue weighted by Gasteiger charge is 2.12. The van der Waals surface area contributed by atoms with E-state index in [1.165, 1.54) is 18.5 Å². The molecule has 8 heteroatoms. The lowest BCUT2D eigenvalue weighted by Gasteiger charge is -2.10. The van der Waals surface area contributed by atoms with E-state index in [4.69, 9.17) is 12.3 Å². The highest BCUT2D eigenvalue weighted by Crippen LogP contribution is 2.18. The Balaban J connectivity index is 1.71. The summed E-state index contributed by atoms with van der Waals surface area (Å²) in [5, 5.41) is 3.03. The fourth-order valence-electron chi connectivity index (χ4n) is 2.42. The zero-order valence-corrected chi connectivity index (χ0v) is 14.2. The van der Waals surface area contributed by atoms with Gasteiger partial charge in [-0.15, -0.1) is 0 Å². The van der Waals surface area contributed by atoms with Crippen molar-refractivity contribution in [3.8, 4) is 0 Å². The first-order valence-corrected chi connectivity index (χ1v) is 8.01. The highest BCUT2D eigenvalue weighted by atomic mass is 19.1. The predicted octanol–water partition coefficient (Wildman–Crippen LogP) is 3.18. The van der Waals surface area contributed by atoms with E-state index in [-0.39, 0.29) is 36.1 Å². The molecule has 0 bridgehead atoms. The molecule has 0 saturated carbocycles. The van der Waals surface area contributed by atoms with Gasteiger partial charge in [0.15, 0.2) is 5.82 Å². The topological polar surface area (TPSA) is 98.2 Å². The summed E-state index contributed by atoms with van der Waals surface area (Å²) in [6, 6.07) is 7.94. The average molecular weight is 362 g/mol. The lowest BCUT2D eigenvalue weighted by atomic mass is 10.0. The summed E-state index contributed by atoms with van der Waals surface area (Å²) in [6.45, 7) is 7.06. The molecule has 0 aliphatic rings. The Kier molecular flexibility index (Phi) is 5.33. The lowest BCUT2D eigenvalue weighted by molar-refractivity contribution is 0.0983. The molecule has 0 radical (unpaired) electrons. The summed E-state index contributed by atoms with van der Waals surface area (Å²) in [5.41, 5.74) is 7.65. The number of nitrogen functional groups attached to an aromatic ring is 1. The number of nitrogens with two attached hydrogens (primary N) is 1. The third-order valence-electron chi connectivity index (χ3n) is 3.80. The van der Waals surface area contributed by atoms with Crippen LogP contribution in [0, 0.1) is 12.4 Å². The van der Waals surface area contributed by atoms with Crippen molar-refractivity contribution >= 4 is 23.0 Å². The standard InChI is InChI=1S/C19H15FN6O/c1-22-14-10-25-19(26-11-14)17(27)8-12-4-5-15(20)13(7-12)9-24-16-3-2-6-23-18(16)21/h2-7,10-11,24H,8-9H2,(H2,21,23). The van der Waals surface area contributed by atoms with Crippen molar-refractivity contribution in [2.45, 2.75) is 13.0 Å². The van der Waals surface area contributed by atoms with Crippen LogP contribution in [0.1, 0.15) is 21.7 Å². The molecule has 0 spiro atoms. The van der Waals surface area contributed by atoms with Crippen LogP contribution in [0.4, 0.5) is 21.6 Å². The number of anilines is 2. The molecule has 2 heterocycles. The van der Waals surface area contributed by atoms with Crippen molar-refractivity contribution < 1.29 is 9.18 Å². The summed E-state index contributed by atoms with van der Waals surface area (Å²) < 4.78 is 14.1. The number of Topliss-reactive ketones (excluding diaryl/α,β-unsaturated/α-hetero) is 1. The van der Waals surface area contributed by atoms with Gasteiger partial charge in [0.2, 0.25) is 11.5 Å². The third-order valence-corrected chi connectivity index (χ3v) is 3.80. The third kappa shape index (κ3) is 4.41. The first-order valence-electron chi connectivity index (χ1n) is 8.01. The fourth-order valence-corrected chi connectivity index (χ4v) is 2.42. The van der Waals surface area contributed by atoms with E-state index in [9.17, 15) is 9.18 Å². The number of nitrogens with one attached hydrogen (secondary N) is 1. The molecule has 3 rings (SSSR count). The Bertz CT molecular complexity index is 1010. The number of hydrogen-bond acceptors (Lipinski definition) is 6. The molecule has 3 aromatic rings. The fraction of sp³-hybridized carbons (Fsp3) is 0.105. The molecule has 0 aliphatic heterocycles. The number of halogens is 1. The van der Waals surface area contributed by atoms with Crippen LogP contribution < -0.4 is 11.1 Å². The second kappa shape index (κ2) is 8.01. The number of nitrogens with zero attached hydrogens (tertiary/aromatic N) is 4. The Hall–Kier alpha value is -3.86. The number of pyridine rings is 1. The van der Waals surface area contributed by atoms with E-state index in [1.807, 2.05) is 0 Å². The van der Waals surface area contributed by atoms with Crippen LogP contribution in [0.5, 0.6) is 0 Å². The van der Waals surface area contributed by atoms with Gasteiger partial charge in [-0.3, -0.25) is 4.79 Å². The summed E-state index contributed by atoms with van der Waals surface area (Å²) in [7, 11) is 0. The Morgan fingerprint density at radius 2 is 2.00 bits per heavy atom. The molecule has 0 fully saturated rings. The summed E-state index contributed by atoms with van der Waals surface area (Å²) in [6.07, 6.45) is 4.19. The van der Waals surface area contributed by atoms with Crippen LogP contribution in [-0.4, -0.2) is 20.7 Å². The molecular formula is C19H15FN6O. The maximum absolute atomic E-state index is 14.1. The number of benzene rings is 1. The molecule has 27 heavy (non-hydrogen) atoms. The van der Waals surface area contributed by atoms with Gasteiger partial charge in [-0.05, 0) is 23.8 Å². The van der Waals surface area contributed by atoms with E-state index < -0.39 is 0 Å². The van der Waals surface area contributed by atoms with Gasteiger partial charge in [-0.1, -0.05) is 12.1 Å². The van der Waals surface area contributed by atoms with E-state index in [0.29, 0.717) is 22.6 Å². The van der Waals surface area contributed by atoms with E-state index in [1.54, 1.807) is 30.5 Å². The van der Waals surface area contributed by atoms with Gasteiger partial charge in [-0.25, -0.2) is 24.2 Å². The largest absolute Gasteiger partial charge is 0.382 e. The van der Waals surface area contributed by atoms with Gasteiger partial charge in [0.1, 0.15) is 11.6 Å². The maximum Gasteiger partial charge on any atom is 0.222 e. The monoisotopic (exact) mass is 362 g/mol. The van der Waals surface area contributed by atoms with Gasteiger partial charge in [0, 0.05) is 37.1 Å². The smallest absolute Gasteiger partial charge is 0.222 e. The molecule has 0 amide bonds. The average Bonchev–Trinajstić information content (AvgIpc) is 2.69. The molecular weight excluding hydrogens is 347 g/mol. The van der Waals surface area contributed by atoms with Crippen LogP contribution in [0.15, 0.2) is 48.9 Å². The van der Waals surface area contributed by atoms with Crippen molar-refractivity contribution in [3.05, 3.63) is 83.1 Å². The van der Waals surface area contributed by atoms with E-state index >= 15 is 0 Å². The molecule has 134 valence electrons. The molecule has 7 nitrogen and oxygen atoms in total. The lowest BCUT2D eigenvalue weighted by Crippen LogP contribution is -2.10. The molecule has 3 N–H and O–H groups in total. The van der Waals surface area contributed by atoms with Crippen molar-refractivity contribution in [3.63, 3.8) is 0 Å². The van der Waals surface area contributed by atoms with Crippen molar-refractivity contribution in [1.29, 1.82) is 0 Å². The Labute approximate surface area is 154 Å². The van der Waals surface area contributed by atoms with Gasteiger partial charge in [0.25, 0.3) is 0 Å². The Morgan fingerprint density at radius 1 is 1.22 bits per heavy atom. The minimum Gasteiger partial charge on any atom is -0.382 e. The molecule has 0 saturated heterocycles. The zero-order chi connectivity index (χ0) is 19.2. The number of carbonyl (C=O) groups excluding carboxylic acids is 1. The number of rotatable bonds is 6. The SMILES string of the molecule is [C-]#[N+]c1cnc(C(=O)Cc2ccc(F)c(CNc3cccnc3N)c2)nc1. The predicted molar refractivity (Wildman–Crippen MR) is 98.7 cm³/mol. The second-order valence-corrected chi connectivity index (χ2v) is 5.69. The molecule has 1 aromatic carbocycles. The van der Waals surface area contributed by atoms with Crippen LogP contribution in [0.2, 0.25) is 0 Å². The summed E-state index contributed by atoms with van der Waals surface area (Å²) in [5.74, 6) is -0.355. The maximum atomic E-state index is 14.1. The second-order valence-electron chi connectivity index (χ2n) is 5.69. The minimum absolute atomic E-state index is 0.0227. The number of aromatic nitrogens is 3. The summed E-state index contributed by atoms with van der Waals surface area (Å²) >= 11 is 0. The van der Waals surface area contributed by atoms with Crippen LogP contribution in [0.3, 0.4) is 0 Å². The minimum atomic E-state index is -0.390. The van der Waals surface area contributed by atoms with Crippen molar-refractivity contribution in [2.24, 2.45) is 0 Å². The van der Waals surface area contributed by atoms with Gasteiger partial charge in [-0.2, -0.15) is 0 Å². The quantitative estimate of drug-likeness (QED) is 0.516. The molecule has 0 unspecified atom stereocenters. The van der Waals surface area contributed by atoms with Crippen molar-refractivity contribution in [1.82, 2.24) is 15.0 Å².